The number of aromatic nitrogens is 1. The highest BCUT2D eigenvalue weighted by atomic mass is 32.1. The standard InChI is InChI=1S/C63H56BN3OS/c1-37-35-49-56-50(36-37)66(42-27-21-39(22-28-42)62(5,6)7)58-55-48(33-31-45-44-15-12-14-18-53(44)69-59(45)55)67(43-29-23-40(24-30-43)63(8,9)10)60(58)64(56)47-32-34-52-54(46-16-11-13-17-51(46)68-52)57(47)65(49)41-25-19-38(20-26-41)61(2,3)4/h11-36H,1-10H3. The van der Waals surface area contributed by atoms with Crippen LogP contribution < -0.4 is 26.3 Å². The molecule has 11 aromatic rings. The molecule has 0 fully saturated rings. The molecule has 0 saturated carbocycles. The summed E-state index contributed by atoms with van der Waals surface area (Å²) in [7, 11) is 0. The van der Waals surface area contributed by atoms with Gasteiger partial charge in [-0.15, -0.1) is 11.3 Å². The van der Waals surface area contributed by atoms with Gasteiger partial charge in [0.2, 0.25) is 0 Å². The first-order valence-corrected chi connectivity index (χ1v) is 25.4. The molecule has 4 nitrogen and oxygen atoms in total. The summed E-state index contributed by atoms with van der Waals surface area (Å²) in [5, 5.41) is 6.15. The first kappa shape index (κ1) is 42.1. The Labute approximate surface area is 409 Å². The minimum absolute atomic E-state index is 0.00695. The van der Waals surface area contributed by atoms with Crippen molar-refractivity contribution in [3.8, 4) is 5.69 Å². The fourth-order valence-electron chi connectivity index (χ4n) is 11.6. The zero-order valence-electron chi connectivity index (χ0n) is 41.2. The van der Waals surface area contributed by atoms with Crippen LogP contribution in [0.2, 0.25) is 0 Å². The molecule has 338 valence electrons. The number of thiophene rings is 1. The molecule has 3 aromatic heterocycles. The number of hydrogen-bond donors (Lipinski definition) is 0. The van der Waals surface area contributed by atoms with E-state index in [9.17, 15) is 0 Å². The second-order valence-electron chi connectivity index (χ2n) is 22.7. The van der Waals surface area contributed by atoms with Gasteiger partial charge in [-0.1, -0.05) is 147 Å². The van der Waals surface area contributed by atoms with Crippen molar-refractivity contribution in [1.82, 2.24) is 4.57 Å². The number of benzene rings is 8. The molecular weight excluding hydrogens is 858 g/mol. The summed E-state index contributed by atoms with van der Waals surface area (Å²) < 4.78 is 12.0. The van der Waals surface area contributed by atoms with Gasteiger partial charge in [0.15, 0.2) is 0 Å². The number of hydrogen-bond acceptors (Lipinski definition) is 4. The molecule has 0 radical (unpaired) electrons. The third-order valence-electron chi connectivity index (χ3n) is 15.1. The number of anilines is 6. The van der Waals surface area contributed by atoms with Crippen molar-refractivity contribution in [3.63, 3.8) is 0 Å². The molecule has 69 heavy (non-hydrogen) atoms. The maximum Gasteiger partial charge on any atom is 0.273 e. The second-order valence-corrected chi connectivity index (χ2v) is 23.7. The van der Waals surface area contributed by atoms with Crippen LogP contribution in [0.25, 0.3) is 58.7 Å². The van der Waals surface area contributed by atoms with E-state index in [4.69, 9.17) is 4.42 Å². The molecule has 2 aliphatic heterocycles. The Balaban J connectivity index is 1.23. The van der Waals surface area contributed by atoms with Gasteiger partial charge in [0.05, 0.1) is 22.3 Å². The van der Waals surface area contributed by atoms with E-state index in [0.717, 1.165) is 39.0 Å². The summed E-state index contributed by atoms with van der Waals surface area (Å²) in [6, 6.07) is 60.0. The maximum atomic E-state index is 6.78. The molecule has 0 atom stereocenters. The quantitative estimate of drug-likeness (QED) is 0.165. The van der Waals surface area contributed by atoms with Crippen molar-refractivity contribution in [2.45, 2.75) is 85.5 Å². The van der Waals surface area contributed by atoms with E-state index in [-0.39, 0.29) is 23.0 Å². The zero-order valence-corrected chi connectivity index (χ0v) is 42.1. The molecule has 5 heterocycles. The van der Waals surface area contributed by atoms with E-state index >= 15 is 0 Å². The lowest BCUT2D eigenvalue weighted by Crippen LogP contribution is -2.63. The van der Waals surface area contributed by atoms with Crippen LogP contribution in [0, 0.1) is 6.92 Å². The van der Waals surface area contributed by atoms with Crippen LogP contribution in [0.4, 0.5) is 34.1 Å². The van der Waals surface area contributed by atoms with E-state index in [2.05, 4.69) is 241 Å². The lowest BCUT2D eigenvalue weighted by Gasteiger charge is -2.44. The number of fused-ring (bicyclic) bond motifs is 14. The van der Waals surface area contributed by atoms with Gasteiger partial charge < -0.3 is 18.8 Å². The predicted molar refractivity (Wildman–Crippen MR) is 298 cm³/mol. The average molecular weight is 914 g/mol. The van der Waals surface area contributed by atoms with Crippen molar-refractivity contribution in [1.29, 1.82) is 0 Å². The fraction of sp³-hybridized carbons (Fsp3) is 0.206. The van der Waals surface area contributed by atoms with Gasteiger partial charge in [0, 0.05) is 65.0 Å². The second kappa shape index (κ2) is 14.5. The van der Waals surface area contributed by atoms with Crippen molar-refractivity contribution in [3.05, 3.63) is 180 Å². The van der Waals surface area contributed by atoms with E-state index in [1.165, 1.54) is 92.6 Å². The average Bonchev–Trinajstić information content (AvgIpc) is 4.01. The van der Waals surface area contributed by atoms with E-state index in [1.54, 1.807) is 0 Å². The lowest BCUT2D eigenvalue weighted by atomic mass is 9.34. The SMILES string of the molecule is Cc1cc2c3c(c1)N(c1ccc(C(C)(C)C)cc1)c1c(n(-c4ccc(C(C)(C)C)cc4)c4ccc5c6ccccc6sc5c14)B3c1ccc3oc4ccccc4c3c1N2c1ccc(C(C)(C)C)cc1. The zero-order chi connectivity index (χ0) is 47.5. The molecule has 8 aromatic carbocycles. The number of nitrogens with zero attached hydrogens (tertiary/aromatic N) is 3. The molecule has 2 aliphatic rings. The molecule has 0 N–H and O–H groups in total. The minimum Gasteiger partial charge on any atom is -0.456 e. The Morgan fingerprint density at radius 2 is 1.01 bits per heavy atom. The highest BCUT2D eigenvalue weighted by Crippen LogP contribution is 2.52. The van der Waals surface area contributed by atoms with Gasteiger partial charge in [0.1, 0.15) is 11.2 Å². The highest BCUT2D eigenvalue weighted by molar-refractivity contribution is 7.26. The number of aryl methyl sites for hydroxylation is 1. The van der Waals surface area contributed by atoms with Crippen LogP contribution in [-0.4, -0.2) is 11.3 Å². The molecular formula is C63H56BN3OS. The number of rotatable bonds is 3. The first-order valence-electron chi connectivity index (χ1n) is 24.5. The van der Waals surface area contributed by atoms with Crippen molar-refractivity contribution < 1.29 is 4.42 Å². The summed E-state index contributed by atoms with van der Waals surface area (Å²) in [5.41, 5.74) is 20.3. The van der Waals surface area contributed by atoms with Gasteiger partial charge in [-0.2, -0.15) is 0 Å². The Morgan fingerprint density at radius 3 is 1.61 bits per heavy atom. The molecule has 0 amide bonds. The Morgan fingerprint density at radius 1 is 0.478 bits per heavy atom. The van der Waals surface area contributed by atoms with Crippen LogP contribution in [0.1, 0.15) is 84.6 Å². The molecule has 0 aliphatic carbocycles. The molecule has 0 spiro atoms. The smallest absolute Gasteiger partial charge is 0.273 e. The van der Waals surface area contributed by atoms with E-state index in [1.807, 2.05) is 11.3 Å². The topological polar surface area (TPSA) is 24.6 Å². The Hall–Kier alpha value is -7.02. The maximum absolute atomic E-state index is 6.78. The van der Waals surface area contributed by atoms with Gasteiger partial charge in [-0.05, 0) is 129 Å². The third kappa shape index (κ3) is 6.20. The van der Waals surface area contributed by atoms with E-state index in [0.29, 0.717) is 0 Å². The molecule has 13 rings (SSSR count). The molecule has 6 heteroatoms. The first-order chi connectivity index (χ1) is 33.0. The fourth-order valence-corrected chi connectivity index (χ4v) is 12.8. The Bertz CT molecular complexity index is 3910. The molecule has 0 saturated heterocycles. The van der Waals surface area contributed by atoms with Gasteiger partial charge >= 0.3 is 0 Å². The third-order valence-corrected chi connectivity index (χ3v) is 16.3. The Kier molecular flexibility index (Phi) is 8.86. The van der Waals surface area contributed by atoms with Crippen LogP contribution in [0.3, 0.4) is 0 Å². The summed E-state index contributed by atoms with van der Waals surface area (Å²) >= 11 is 1.92. The van der Waals surface area contributed by atoms with Crippen molar-refractivity contribution in [2.24, 2.45) is 0 Å². The van der Waals surface area contributed by atoms with Crippen molar-refractivity contribution in [2.75, 3.05) is 9.80 Å². The minimum atomic E-state index is -0.145. The van der Waals surface area contributed by atoms with Crippen molar-refractivity contribution >= 4 is 122 Å². The number of furan rings is 1. The molecule has 0 unspecified atom stereocenters. The van der Waals surface area contributed by atoms with Gasteiger partial charge in [-0.3, -0.25) is 0 Å². The van der Waals surface area contributed by atoms with Crippen LogP contribution in [0.15, 0.2) is 162 Å². The summed E-state index contributed by atoms with van der Waals surface area (Å²) in [4.78, 5) is 5.20. The van der Waals surface area contributed by atoms with Crippen LogP contribution in [-0.2, 0) is 16.2 Å². The highest BCUT2D eigenvalue weighted by Gasteiger charge is 2.48. The van der Waals surface area contributed by atoms with Gasteiger partial charge in [-0.25, -0.2) is 0 Å². The normalized spacial score (nSPS) is 13.9. The summed E-state index contributed by atoms with van der Waals surface area (Å²) in [6.45, 7) is 22.8. The van der Waals surface area contributed by atoms with Crippen LogP contribution >= 0.6 is 11.3 Å². The lowest BCUT2D eigenvalue weighted by molar-refractivity contribution is 0.590. The monoisotopic (exact) mass is 913 g/mol. The predicted octanol–water partition coefficient (Wildman–Crippen LogP) is 16.2. The molecule has 0 bridgehead atoms. The largest absolute Gasteiger partial charge is 0.456 e. The summed E-state index contributed by atoms with van der Waals surface area (Å²) in [5.74, 6) is 0. The van der Waals surface area contributed by atoms with Crippen LogP contribution in [0.5, 0.6) is 0 Å². The van der Waals surface area contributed by atoms with E-state index < -0.39 is 0 Å². The summed E-state index contributed by atoms with van der Waals surface area (Å²) in [6.07, 6.45) is 0. The number of para-hydroxylation sites is 1. The van der Waals surface area contributed by atoms with Gasteiger partial charge in [0.25, 0.3) is 6.71 Å².